The summed E-state index contributed by atoms with van der Waals surface area (Å²) in [7, 11) is 1.71. The van der Waals surface area contributed by atoms with Crippen LogP contribution in [0.15, 0.2) is 35.6 Å². The second-order valence-electron chi connectivity index (χ2n) is 4.32. The van der Waals surface area contributed by atoms with Gasteiger partial charge in [0, 0.05) is 6.42 Å². The van der Waals surface area contributed by atoms with Crippen molar-refractivity contribution in [3.63, 3.8) is 0 Å². The van der Waals surface area contributed by atoms with E-state index in [1.165, 1.54) is 5.57 Å². The first-order chi connectivity index (χ1) is 7.19. The van der Waals surface area contributed by atoms with Crippen molar-refractivity contribution in [3.05, 3.63) is 35.6 Å². The van der Waals surface area contributed by atoms with Crippen LogP contribution in [0.4, 0.5) is 0 Å². The Bertz CT molecular complexity index is 338. The first kappa shape index (κ1) is 10.5. The van der Waals surface area contributed by atoms with E-state index < -0.39 is 5.60 Å². The van der Waals surface area contributed by atoms with Crippen molar-refractivity contribution in [2.45, 2.75) is 37.7 Å². The smallest absolute Gasteiger partial charge is 0.104 e. The third-order valence-corrected chi connectivity index (χ3v) is 3.51. The summed E-state index contributed by atoms with van der Waals surface area (Å²) in [6.45, 7) is 3.75. The van der Waals surface area contributed by atoms with E-state index in [0.29, 0.717) is 0 Å². The molecule has 0 saturated heterocycles. The van der Waals surface area contributed by atoms with Gasteiger partial charge in [0.25, 0.3) is 0 Å². The zero-order chi connectivity index (χ0) is 10.9. The molecule has 0 heterocycles. The maximum Gasteiger partial charge on any atom is 0.104 e. The number of rotatable bonds is 2. The lowest BCUT2D eigenvalue weighted by molar-refractivity contribution is 0.105. The van der Waals surface area contributed by atoms with Crippen LogP contribution < -0.4 is 0 Å². The van der Waals surface area contributed by atoms with E-state index in [1.807, 2.05) is 0 Å². The number of ether oxygens (including phenoxy) is 1. The van der Waals surface area contributed by atoms with Gasteiger partial charge in [0.05, 0.1) is 12.9 Å². The minimum Gasteiger partial charge on any atom is -0.501 e. The predicted molar refractivity (Wildman–Crippen MR) is 60.3 cm³/mol. The summed E-state index contributed by atoms with van der Waals surface area (Å²) in [5.74, 6) is 1.03. The average molecular weight is 206 g/mol. The Labute approximate surface area is 90.9 Å². The highest BCUT2D eigenvalue weighted by Gasteiger charge is 2.34. The maximum absolute atomic E-state index is 10.4. The van der Waals surface area contributed by atoms with Gasteiger partial charge in [0.15, 0.2) is 0 Å². The molecular formula is C13H18O2. The number of hydrogen-bond acceptors (Lipinski definition) is 2. The molecule has 0 radical (unpaired) electrons. The fourth-order valence-electron chi connectivity index (χ4n) is 2.57. The van der Waals surface area contributed by atoms with Gasteiger partial charge in [-0.3, -0.25) is 0 Å². The van der Waals surface area contributed by atoms with Crippen LogP contribution >= 0.6 is 0 Å². The standard InChI is InChI=1S/C13H18O2/c1-3-13(14)8-4-5-10-9-11(15-2)6-7-12(10)13/h3,6,14H,1,4-5,7-9H2,2H3. The molecule has 82 valence electrons. The van der Waals surface area contributed by atoms with Crippen molar-refractivity contribution in [2.75, 3.05) is 7.11 Å². The summed E-state index contributed by atoms with van der Waals surface area (Å²) in [5, 5.41) is 10.4. The van der Waals surface area contributed by atoms with Crippen molar-refractivity contribution < 1.29 is 9.84 Å². The molecule has 0 bridgehead atoms. The van der Waals surface area contributed by atoms with Gasteiger partial charge >= 0.3 is 0 Å². The fourth-order valence-corrected chi connectivity index (χ4v) is 2.57. The molecule has 1 unspecified atom stereocenters. The molecule has 0 spiro atoms. The number of hydrogen-bond donors (Lipinski definition) is 1. The van der Waals surface area contributed by atoms with Crippen molar-refractivity contribution in [2.24, 2.45) is 0 Å². The lowest BCUT2D eigenvalue weighted by atomic mass is 9.74. The molecule has 1 atom stereocenters. The lowest BCUT2D eigenvalue weighted by Gasteiger charge is -2.36. The van der Waals surface area contributed by atoms with Gasteiger partial charge < -0.3 is 9.84 Å². The fraction of sp³-hybridized carbons (Fsp3) is 0.538. The molecule has 0 aromatic heterocycles. The third-order valence-electron chi connectivity index (χ3n) is 3.51. The lowest BCUT2D eigenvalue weighted by Crippen LogP contribution is -2.33. The average Bonchev–Trinajstić information content (AvgIpc) is 2.29. The maximum atomic E-state index is 10.4. The summed E-state index contributed by atoms with van der Waals surface area (Å²) >= 11 is 0. The Hall–Kier alpha value is -1.02. The molecular weight excluding hydrogens is 188 g/mol. The molecule has 0 aromatic carbocycles. The van der Waals surface area contributed by atoms with Crippen molar-refractivity contribution in [1.82, 2.24) is 0 Å². The highest BCUT2D eigenvalue weighted by molar-refractivity contribution is 5.38. The normalized spacial score (nSPS) is 30.7. The molecule has 0 amide bonds. The van der Waals surface area contributed by atoms with Crippen molar-refractivity contribution in [1.29, 1.82) is 0 Å². The van der Waals surface area contributed by atoms with Crippen LogP contribution in [0.25, 0.3) is 0 Å². The van der Waals surface area contributed by atoms with E-state index >= 15 is 0 Å². The summed E-state index contributed by atoms with van der Waals surface area (Å²) in [4.78, 5) is 0. The Morgan fingerprint density at radius 3 is 3.07 bits per heavy atom. The van der Waals surface area contributed by atoms with E-state index in [2.05, 4.69) is 12.7 Å². The molecule has 0 fully saturated rings. The van der Waals surface area contributed by atoms with Gasteiger partial charge in [-0.15, -0.1) is 0 Å². The van der Waals surface area contributed by atoms with Crippen LogP contribution in [0.5, 0.6) is 0 Å². The van der Waals surface area contributed by atoms with Crippen molar-refractivity contribution in [3.8, 4) is 0 Å². The van der Waals surface area contributed by atoms with Crippen LogP contribution in [0.2, 0.25) is 0 Å². The van der Waals surface area contributed by atoms with Crippen LogP contribution in [0, 0.1) is 0 Å². The van der Waals surface area contributed by atoms with Gasteiger partial charge in [-0.05, 0) is 37.3 Å². The highest BCUT2D eigenvalue weighted by Crippen LogP contribution is 2.41. The van der Waals surface area contributed by atoms with E-state index in [0.717, 1.165) is 43.4 Å². The molecule has 1 N–H and O–H groups in total. The predicted octanol–water partition coefficient (Wildman–Crippen LogP) is 2.71. The number of allylic oxidation sites excluding steroid dienone is 2. The highest BCUT2D eigenvalue weighted by atomic mass is 16.5. The molecule has 15 heavy (non-hydrogen) atoms. The molecule has 0 saturated carbocycles. The first-order valence-electron chi connectivity index (χ1n) is 5.50. The SMILES string of the molecule is C=CC1(O)CCCC2=C1CC=C(OC)C2. The van der Waals surface area contributed by atoms with E-state index in [9.17, 15) is 5.11 Å². The van der Waals surface area contributed by atoms with Crippen LogP contribution in [0.1, 0.15) is 32.1 Å². The molecule has 2 heteroatoms. The Kier molecular flexibility index (Phi) is 2.70. The van der Waals surface area contributed by atoms with Crippen LogP contribution in [0.3, 0.4) is 0 Å². The minimum absolute atomic E-state index is 0.761. The molecule has 0 aliphatic heterocycles. The molecule has 2 nitrogen and oxygen atoms in total. The molecule has 0 aromatic rings. The molecule has 2 aliphatic rings. The molecule has 2 rings (SSSR count). The van der Waals surface area contributed by atoms with E-state index in [-0.39, 0.29) is 0 Å². The minimum atomic E-state index is -0.761. The third kappa shape index (κ3) is 1.74. The Morgan fingerprint density at radius 2 is 2.40 bits per heavy atom. The second kappa shape index (κ2) is 3.86. The Balaban J connectivity index is 2.28. The monoisotopic (exact) mass is 206 g/mol. The summed E-state index contributed by atoms with van der Waals surface area (Å²) in [6, 6.07) is 0. The summed E-state index contributed by atoms with van der Waals surface area (Å²) < 4.78 is 5.26. The topological polar surface area (TPSA) is 29.5 Å². The number of aliphatic hydroxyl groups is 1. The van der Waals surface area contributed by atoms with E-state index in [1.54, 1.807) is 13.2 Å². The Morgan fingerprint density at radius 1 is 1.60 bits per heavy atom. The zero-order valence-electron chi connectivity index (χ0n) is 9.25. The zero-order valence-corrected chi connectivity index (χ0v) is 9.25. The van der Waals surface area contributed by atoms with Crippen LogP contribution in [-0.4, -0.2) is 17.8 Å². The van der Waals surface area contributed by atoms with Gasteiger partial charge in [0.2, 0.25) is 0 Å². The van der Waals surface area contributed by atoms with Gasteiger partial charge in [-0.25, -0.2) is 0 Å². The van der Waals surface area contributed by atoms with Gasteiger partial charge in [-0.2, -0.15) is 0 Å². The van der Waals surface area contributed by atoms with Crippen LogP contribution in [-0.2, 0) is 4.74 Å². The second-order valence-corrected chi connectivity index (χ2v) is 4.32. The largest absolute Gasteiger partial charge is 0.501 e. The van der Waals surface area contributed by atoms with Gasteiger partial charge in [0.1, 0.15) is 5.60 Å². The summed E-state index contributed by atoms with van der Waals surface area (Å²) in [6.07, 6.45) is 8.37. The first-order valence-corrected chi connectivity index (χ1v) is 5.50. The number of methoxy groups -OCH3 is 1. The summed E-state index contributed by atoms with van der Waals surface area (Å²) in [5.41, 5.74) is 1.75. The van der Waals surface area contributed by atoms with E-state index in [4.69, 9.17) is 4.74 Å². The van der Waals surface area contributed by atoms with Crippen molar-refractivity contribution >= 4 is 0 Å². The van der Waals surface area contributed by atoms with Gasteiger partial charge in [-0.1, -0.05) is 18.2 Å². The molecule has 2 aliphatic carbocycles. The quantitative estimate of drug-likeness (QED) is 0.704.